The van der Waals surface area contributed by atoms with Gasteiger partial charge in [0, 0.05) is 11.6 Å². The molecule has 2 aliphatic rings. The summed E-state index contributed by atoms with van der Waals surface area (Å²) in [5.74, 6) is 0.222. The van der Waals surface area contributed by atoms with Crippen molar-refractivity contribution in [3.63, 3.8) is 0 Å². The molecule has 5 rings (SSSR count). The summed E-state index contributed by atoms with van der Waals surface area (Å²) in [4.78, 5) is 0. The van der Waals surface area contributed by atoms with Crippen molar-refractivity contribution in [3.05, 3.63) is 89.5 Å². The molecule has 3 aromatic carbocycles. The van der Waals surface area contributed by atoms with Crippen LogP contribution in [0.3, 0.4) is 0 Å². The van der Waals surface area contributed by atoms with Gasteiger partial charge in [-0.2, -0.15) is 13.2 Å². The smallest absolute Gasteiger partial charge is 0.378 e. The summed E-state index contributed by atoms with van der Waals surface area (Å²) >= 11 is 0. The number of rotatable bonds is 1. The molecule has 3 aromatic rings. The van der Waals surface area contributed by atoms with Gasteiger partial charge in [-0.15, -0.1) is 0 Å². The van der Waals surface area contributed by atoms with Gasteiger partial charge in [0.2, 0.25) is 0 Å². The second kappa shape index (κ2) is 5.88. The van der Waals surface area contributed by atoms with Gasteiger partial charge in [0.05, 0.1) is 11.6 Å². The normalized spacial score (nSPS) is 23.7. The number of benzene rings is 3. The lowest BCUT2D eigenvalue weighted by atomic mass is 9.76. The van der Waals surface area contributed by atoms with Gasteiger partial charge in [-0.3, -0.25) is 0 Å². The molecule has 0 bridgehead atoms. The van der Waals surface area contributed by atoms with Crippen molar-refractivity contribution in [2.45, 2.75) is 24.6 Å². The molecule has 0 unspecified atom stereocenters. The Morgan fingerprint density at radius 1 is 0.889 bits per heavy atom. The highest BCUT2D eigenvalue weighted by Crippen LogP contribution is 2.51. The monoisotopic (exact) mass is 365 g/mol. The van der Waals surface area contributed by atoms with E-state index in [1.165, 1.54) is 28.5 Å². The van der Waals surface area contributed by atoms with Crippen LogP contribution in [0.5, 0.6) is 0 Å². The van der Waals surface area contributed by atoms with E-state index < -0.39 is 11.7 Å². The van der Waals surface area contributed by atoms with E-state index in [9.17, 15) is 13.2 Å². The molecule has 0 aromatic heterocycles. The van der Waals surface area contributed by atoms with Crippen molar-refractivity contribution >= 4 is 16.5 Å². The first kappa shape index (κ1) is 16.4. The van der Waals surface area contributed by atoms with E-state index in [1.54, 1.807) is 6.07 Å². The zero-order chi connectivity index (χ0) is 18.6. The number of hydrogen-bond donors (Lipinski definition) is 1. The van der Waals surface area contributed by atoms with E-state index in [-0.39, 0.29) is 17.9 Å². The van der Waals surface area contributed by atoms with Crippen LogP contribution in [-0.4, -0.2) is 0 Å². The third-order valence-electron chi connectivity index (χ3n) is 5.85. The largest absolute Gasteiger partial charge is 0.416 e. The molecule has 0 radical (unpaired) electrons. The average Bonchev–Trinajstić information content (AvgIpc) is 3.16. The van der Waals surface area contributed by atoms with Crippen molar-refractivity contribution in [2.24, 2.45) is 5.92 Å². The summed E-state index contributed by atoms with van der Waals surface area (Å²) in [6.45, 7) is 0. The van der Waals surface area contributed by atoms with Gasteiger partial charge in [0.15, 0.2) is 0 Å². The molecule has 0 fully saturated rings. The van der Waals surface area contributed by atoms with Crippen molar-refractivity contribution in [1.29, 1.82) is 0 Å². The second-order valence-corrected chi connectivity index (χ2v) is 7.34. The van der Waals surface area contributed by atoms with E-state index >= 15 is 0 Å². The first-order chi connectivity index (χ1) is 13.0. The van der Waals surface area contributed by atoms with Crippen LogP contribution in [0, 0.1) is 5.92 Å². The fraction of sp³-hybridized carbons (Fsp3) is 0.217. The van der Waals surface area contributed by atoms with Gasteiger partial charge < -0.3 is 5.32 Å². The Morgan fingerprint density at radius 2 is 1.70 bits per heavy atom. The van der Waals surface area contributed by atoms with Crippen LogP contribution in [0.2, 0.25) is 0 Å². The molecule has 0 saturated heterocycles. The summed E-state index contributed by atoms with van der Waals surface area (Å²) in [5, 5.41) is 5.92. The zero-order valence-corrected chi connectivity index (χ0v) is 14.5. The maximum atomic E-state index is 13.2. The third-order valence-corrected chi connectivity index (χ3v) is 5.85. The zero-order valence-electron chi connectivity index (χ0n) is 14.5. The van der Waals surface area contributed by atoms with Gasteiger partial charge in [0.1, 0.15) is 0 Å². The topological polar surface area (TPSA) is 12.0 Å². The van der Waals surface area contributed by atoms with Crippen LogP contribution in [0.25, 0.3) is 10.8 Å². The van der Waals surface area contributed by atoms with Crippen molar-refractivity contribution in [2.75, 3.05) is 5.32 Å². The molecule has 0 saturated carbocycles. The van der Waals surface area contributed by atoms with Gasteiger partial charge in [-0.1, -0.05) is 54.6 Å². The number of anilines is 1. The van der Waals surface area contributed by atoms with E-state index in [0.717, 1.165) is 17.7 Å². The lowest BCUT2D eigenvalue weighted by Gasteiger charge is -2.38. The van der Waals surface area contributed by atoms with E-state index in [4.69, 9.17) is 0 Å². The van der Waals surface area contributed by atoms with Crippen LogP contribution in [0.15, 0.2) is 72.8 Å². The van der Waals surface area contributed by atoms with E-state index in [1.807, 2.05) is 12.1 Å². The minimum absolute atomic E-state index is 0.00696. The molecule has 27 heavy (non-hydrogen) atoms. The molecule has 1 N–H and O–H groups in total. The maximum absolute atomic E-state index is 13.2. The molecule has 1 aliphatic heterocycles. The maximum Gasteiger partial charge on any atom is 0.416 e. The van der Waals surface area contributed by atoms with E-state index in [0.29, 0.717) is 0 Å². The number of alkyl halides is 3. The minimum Gasteiger partial charge on any atom is -0.378 e. The first-order valence-electron chi connectivity index (χ1n) is 9.14. The third kappa shape index (κ3) is 2.62. The number of allylic oxidation sites excluding steroid dienone is 2. The van der Waals surface area contributed by atoms with Crippen LogP contribution in [0.4, 0.5) is 18.9 Å². The van der Waals surface area contributed by atoms with Crippen molar-refractivity contribution in [3.8, 4) is 0 Å². The molecular formula is C23H18F3N. The molecule has 1 aliphatic carbocycles. The van der Waals surface area contributed by atoms with Crippen LogP contribution in [0.1, 0.15) is 35.1 Å². The lowest BCUT2D eigenvalue weighted by molar-refractivity contribution is -0.137. The van der Waals surface area contributed by atoms with Gasteiger partial charge in [-0.25, -0.2) is 0 Å². The number of halogens is 3. The summed E-state index contributed by atoms with van der Waals surface area (Å²) in [6, 6.07) is 18.7. The molecule has 136 valence electrons. The Kier molecular flexibility index (Phi) is 3.58. The van der Waals surface area contributed by atoms with E-state index in [2.05, 4.69) is 47.8 Å². The highest BCUT2D eigenvalue weighted by molar-refractivity contribution is 5.86. The summed E-state index contributed by atoms with van der Waals surface area (Å²) in [7, 11) is 0. The Balaban J connectivity index is 1.63. The summed E-state index contributed by atoms with van der Waals surface area (Å²) in [6.07, 6.45) is 0.716. The van der Waals surface area contributed by atoms with Gasteiger partial charge in [-0.05, 0) is 52.4 Å². The second-order valence-electron chi connectivity index (χ2n) is 7.34. The fourth-order valence-electron chi connectivity index (χ4n) is 4.60. The Bertz CT molecular complexity index is 1050. The quantitative estimate of drug-likeness (QED) is 0.474. The minimum atomic E-state index is -4.32. The Hall–Kier alpha value is -2.75. The molecule has 3 atom stereocenters. The van der Waals surface area contributed by atoms with Crippen molar-refractivity contribution in [1.82, 2.24) is 0 Å². The van der Waals surface area contributed by atoms with Gasteiger partial charge in [0.25, 0.3) is 0 Å². The SMILES string of the molecule is FC(F)(F)c1ccc2c(c1)[C@@H]1C=CC[C@@H]1[C@H](c1cccc3ccccc13)N2. The van der Waals surface area contributed by atoms with Crippen LogP contribution in [-0.2, 0) is 6.18 Å². The first-order valence-corrected chi connectivity index (χ1v) is 9.14. The molecular weight excluding hydrogens is 347 g/mol. The van der Waals surface area contributed by atoms with Crippen molar-refractivity contribution < 1.29 is 13.2 Å². The highest BCUT2D eigenvalue weighted by Gasteiger charge is 2.40. The standard InChI is InChI=1S/C23H18F3N/c24-23(25,26)15-11-12-21-20(13-15)17-8-4-10-19(17)22(27-21)18-9-3-6-14-5-1-2-7-16(14)18/h1-9,11-13,17,19,22,27H,10H2/t17-,19+,22+/m1/s1. The average molecular weight is 365 g/mol. The predicted molar refractivity (Wildman–Crippen MR) is 102 cm³/mol. The molecule has 4 heteroatoms. The highest BCUT2D eigenvalue weighted by atomic mass is 19.4. The molecule has 0 amide bonds. The van der Waals surface area contributed by atoms with Gasteiger partial charge >= 0.3 is 6.18 Å². The summed E-state index contributed by atoms with van der Waals surface area (Å²) < 4.78 is 39.5. The molecule has 1 heterocycles. The number of hydrogen-bond acceptors (Lipinski definition) is 1. The molecule has 0 spiro atoms. The lowest BCUT2D eigenvalue weighted by Crippen LogP contribution is -2.29. The summed E-state index contributed by atoms with van der Waals surface area (Å²) in [5.41, 5.74) is 2.18. The Morgan fingerprint density at radius 3 is 2.56 bits per heavy atom. The predicted octanol–water partition coefficient (Wildman–Crippen LogP) is 6.69. The number of nitrogens with one attached hydrogen (secondary N) is 1. The molecule has 1 nitrogen and oxygen atoms in total. The van der Waals surface area contributed by atoms with Crippen LogP contribution >= 0.6 is 0 Å². The van der Waals surface area contributed by atoms with Crippen LogP contribution < -0.4 is 5.32 Å². The Labute approximate surface area is 155 Å². The number of fused-ring (bicyclic) bond motifs is 4. The fourth-order valence-corrected chi connectivity index (χ4v) is 4.60.